The van der Waals surface area contributed by atoms with Crippen LogP contribution in [0.1, 0.15) is 54.2 Å². The third-order valence-corrected chi connectivity index (χ3v) is 5.66. The van der Waals surface area contributed by atoms with E-state index in [-0.39, 0.29) is 30.0 Å². The molecule has 0 bridgehead atoms. The van der Waals surface area contributed by atoms with Gasteiger partial charge in [0.15, 0.2) is 0 Å². The second kappa shape index (κ2) is 7.57. The van der Waals surface area contributed by atoms with Gasteiger partial charge in [0.2, 0.25) is 5.91 Å². The minimum atomic E-state index is -0.344. The molecule has 2 aromatic rings. The van der Waals surface area contributed by atoms with Crippen molar-refractivity contribution in [2.45, 2.75) is 59.0 Å². The van der Waals surface area contributed by atoms with Crippen molar-refractivity contribution in [3.05, 3.63) is 26.6 Å². The average molecular weight is 376 g/mol. The highest BCUT2D eigenvalue weighted by Crippen LogP contribution is 2.28. The number of aromatic nitrogens is 2. The summed E-state index contributed by atoms with van der Waals surface area (Å²) in [6.45, 7) is 6.09. The molecule has 0 unspecified atom stereocenters. The number of aryl methyl sites for hydroxylation is 2. The van der Waals surface area contributed by atoms with Crippen molar-refractivity contribution in [1.82, 2.24) is 20.2 Å². The highest BCUT2D eigenvalue weighted by atomic mass is 32.1. The molecule has 0 aliphatic carbocycles. The van der Waals surface area contributed by atoms with Crippen LogP contribution in [0.5, 0.6) is 0 Å². The summed E-state index contributed by atoms with van der Waals surface area (Å²) in [6.07, 6.45) is 3.89. The van der Waals surface area contributed by atoms with Crippen molar-refractivity contribution in [2.75, 3.05) is 6.54 Å². The van der Waals surface area contributed by atoms with Crippen molar-refractivity contribution in [1.29, 1.82) is 0 Å². The van der Waals surface area contributed by atoms with Gasteiger partial charge in [0, 0.05) is 19.0 Å². The first kappa shape index (κ1) is 18.6. The minimum absolute atomic E-state index is 0.0186. The van der Waals surface area contributed by atoms with Crippen LogP contribution >= 0.6 is 11.3 Å². The van der Waals surface area contributed by atoms with Crippen molar-refractivity contribution in [3.63, 3.8) is 0 Å². The smallest absolute Gasteiger partial charge is 0.262 e. The Kier molecular flexibility index (Phi) is 5.41. The molecule has 0 atom stereocenters. The Hall–Kier alpha value is -2.22. The van der Waals surface area contributed by atoms with E-state index in [1.165, 1.54) is 11.3 Å². The number of thiophene rings is 1. The van der Waals surface area contributed by atoms with Gasteiger partial charge in [-0.05, 0) is 39.2 Å². The van der Waals surface area contributed by atoms with E-state index in [0.29, 0.717) is 27.2 Å². The maximum Gasteiger partial charge on any atom is 0.262 e. The first-order chi connectivity index (χ1) is 12.4. The van der Waals surface area contributed by atoms with Crippen molar-refractivity contribution < 1.29 is 9.59 Å². The highest BCUT2D eigenvalue weighted by Gasteiger charge is 2.22. The van der Waals surface area contributed by atoms with Crippen molar-refractivity contribution in [3.8, 4) is 0 Å². The maximum atomic E-state index is 12.9. The molecule has 8 heteroatoms. The fourth-order valence-electron chi connectivity index (χ4n) is 3.24. The monoisotopic (exact) mass is 376 g/mol. The Morgan fingerprint density at radius 3 is 2.77 bits per heavy atom. The number of nitrogens with zero attached hydrogens (tertiary/aromatic N) is 2. The zero-order chi connectivity index (χ0) is 18.8. The molecule has 3 heterocycles. The van der Waals surface area contributed by atoms with E-state index in [2.05, 4.69) is 15.6 Å². The standard InChI is InChI=1S/C18H24N4O3S/c1-10(2)20-13(23)9-19-16(24)15-11(3)14-17(26-15)21-12-7-5-4-6-8-22(12)18(14)25/h10H,4-9H2,1-3H3,(H,19,24)(H,20,23). The van der Waals surface area contributed by atoms with E-state index in [1.807, 2.05) is 13.8 Å². The Labute approximate surface area is 155 Å². The van der Waals surface area contributed by atoms with Gasteiger partial charge in [-0.1, -0.05) is 6.42 Å². The van der Waals surface area contributed by atoms with Gasteiger partial charge in [0.05, 0.1) is 16.8 Å². The normalized spacial score (nSPS) is 14.2. The molecule has 1 aliphatic rings. The Morgan fingerprint density at radius 2 is 2.04 bits per heavy atom. The molecule has 7 nitrogen and oxygen atoms in total. The summed E-state index contributed by atoms with van der Waals surface area (Å²) < 4.78 is 1.76. The van der Waals surface area contributed by atoms with Crippen LogP contribution in [0, 0.1) is 6.92 Å². The lowest BCUT2D eigenvalue weighted by Crippen LogP contribution is -2.39. The van der Waals surface area contributed by atoms with Gasteiger partial charge in [-0.3, -0.25) is 19.0 Å². The summed E-state index contributed by atoms with van der Waals surface area (Å²) in [4.78, 5) is 42.8. The lowest BCUT2D eigenvalue weighted by atomic mass is 10.2. The average Bonchev–Trinajstić information content (AvgIpc) is 2.76. The van der Waals surface area contributed by atoms with E-state index in [9.17, 15) is 14.4 Å². The number of hydrogen-bond acceptors (Lipinski definition) is 5. The van der Waals surface area contributed by atoms with Crippen LogP contribution in [0.3, 0.4) is 0 Å². The molecule has 0 saturated heterocycles. The summed E-state index contributed by atoms with van der Waals surface area (Å²) in [7, 11) is 0. The highest BCUT2D eigenvalue weighted by molar-refractivity contribution is 7.20. The van der Waals surface area contributed by atoms with E-state index >= 15 is 0 Å². The summed E-state index contributed by atoms with van der Waals surface area (Å²) in [6, 6.07) is 0.0186. The number of amides is 2. The van der Waals surface area contributed by atoms with Crippen LogP contribution in [-0.4, -0.2) is 34.0 Å². The number of carbonyl (C=O) groups is 2. The number of nitrogens with one attached hydrogen (secondary N) is 2. The second-order valence-electron chi connectivity index (χ2n) is 6.94. The first-order valence-electron chi connectivity index (χ1n) is 8.99. The molecule has 0 aromatic carbocycles. The summed E-state index contributed by atoms with van der Waals surface area (Å²) >= 11 is 1.22. The molecule has 0 radical (unpaired) electrons. The molecule has 3 rings (SSSR count). The van der Waals surface area contributed by atoms with Crippen LogP contribution in [0.15, 0.2) is 4.79 Å². The van der Waals surface area contributed by atoms with Crippen LogP contribution < -0.4 is 16.2 Å². The van der Waals surface area contributed by atoms with Crippen molar-refractivity contribution >= 4 is 33.4 Å². The largest absolute Gasteiger partial charge is 0.352 e. The molecular weight excluding hydrogens is 352 g/mol. The predicted molar refractivity (Wildman–Crippen MR) is 102 cm³/mol. The summed E-state index contributed by atoms with van der Waals surface area (Å²) in [5.74, 6) is 0.227. The van der Waals surface area contributed by atoms with Crippen LogP contribution in [0.4, 0.5) is 0 Å². The van der Waals surface area contributed by atoms with Gasteiger partial charge >= 0.3 is 0 Å². The van der Waals surface area contributed by atoms with Gasteiger partial charge in [-0.2, -0.15) is 0 Å². The number of hydrogen-bond donors (Lipinski definition) is 2. The number of rotatable bonds is 4. The number of carbonyl (C=O) groups excluding carboxylic acids is 2. The van der Waals surface area contributed by atoms with Gasteiger partial charge in [-0.15, -0.1) is 11.3 Å². The lowest BCUT2D eigenvalue weighted by molar-refractivity contribution is -0.120. The summed E-state index contributed by atoms with van der Waals surface area (Å²) in [5, 5.41) is 5.88. The predicted octanol–water partition coefficient (Wildman–Crippen LogP) is 1.75. The molecule has 0 spiro atoms. The van der Waals surface area contributed by atoms with E-state index < -0.39 is 0 Å². The Bertz CT molecular complexity index is 913. The molecular formula is C18H24N4O3S. The van der Waals surface area contributed by atoms with Gasteiger partial charge < -0.3 is 10.6 Å². The fourth-order valence-corrected chi connectivity index (χ4v) is 4.35. The SMILES string of the molecule is Cc1c(C(=O)NCC(=O)NC(C)C)sc2nc3n(c(=O)c12)CCCCC3. The van der Waals surface area contributed by atoms with Gasteiger partial charge in [-0.25, -0.2) is 4.98 Å². The maximum absolute atomic E-state index is 12.9. The molecule has 2 N–H and O–H groups in total. The third kappa shape index (κ3) is 3.65. The van der Waals surface area contributed by atoms with Crippen molar-refractivity contribution in [2.24, 2.45) is 0 Å². The topological polar surface area (TPSA) is 93.1 Å². The molecule has 140 valence electrons. The molecule has 2 amide bonds. The lowest BCUT2D eigenvalue weighted by Gasteiger charge is -2.09. The first-order valence-corrected chi connectivity index (χ1v) is 9.80. The quantitative estimate of drug-likeness (QED) is 0.850. The van der Waals surface area contributed by atoms with Crippen LogP contribution in [0.25, 0.3) is 10.2 Å². The molecule has 26 heavy (non-hydrogen) atoms. The van der Waals surface area contributed by atoms with E-state index in [1.54, 1.807) is 11.5 Å². The van der Waals surface area contributed by atoms with E-state index in [0.717, 1.165) is 31.5 Å². The third-order valence-electron chi connectivity index (χ3n) is 4.48. The van der Waals surface area contributed by atoms with Gasteiger partial charge in [0.25, 0.3) is 11.5 Å². The Morgan fingerprint density at radius 1 is 1.27 bits per heavy atom. The zero-order valence-electron chi connectivity index (χ0n) is 15.3. The zero-order valence-corrected chi connectivity index (χ0v) is 16.2. The van der Waals surface area contributed by atoms with Crippen LogP contribution in [0.2, 0.25) is 0 Å². The Balaban J connectivity index is 1.89. The van der Waals surface area contributed by atoms with Crippen LogP contribution in [-0.2, 0) is 17.8 Å². The fraction of sp³-hybridized carbons (Fsp3) is 0.556. The second-order valence-corrected chi connectivity index (χ2v) is 7.94. The minimum Gasteiger partial charge on any atom is -0.352 e. The molecule has 2 aromatic heterocycles. The molecule has 0 saturated carbocycles. The van der Waals surface area contributed by atoms with E-state index in [4.69, 9.17) is 0 Å². The van der Waals surface area contributed by atoms with Gasteiger partial charge in [0.1, 0.15) is 10.7 Å². The summed E-state index contributed by atoms with van der Waals surface area (Å²) in [5.41, 5.74) is 0.584. The molecule has 0 fully saturated rings. The molecule has 1 aliphatic heterocycles. The number of fused-ring (bicyclic) bond motifs is 2.